The normalized spacial score (nSPS) is 12.6. The van der Waals surface area contributed by atoms with Crippen LogP contribution in [0.3, 0.4) is 0 Å². The molecule has 1 atom stereocenters. The number of aliphatic hydroxyl groups is 2. The van der Waals surface area contributed by atoms with Crippen molar-refractivity contribution in [2.24, 2.45) is 0 Å². The van der Waals surface area contributed by atoms with Gasteiger partial charge >= 0.3 is 0 Å². The number of benzene rings is 1. The standard InChI is InChI=1S/C14H21ClO5/c1-9(2)19-7-11(17)8-20-14-12(15)4-10(6-16)5-13(14)18-3/h4-5,9,11,16-17H,6-8H2,1-3H3. The van der Waals surface area contributed by atoms with Crippen molar-refractivity contribution in [2.75, 3.05) is 20.3 Å². The maximum atomic E-state index is 9.74. The largest absolute Gasteiger partial charge is 0.493 e. The van der Waals surface area contributed by atoms with Crippen LogP contribution in [0.5, 0.6) is 11.5 Å². The Kier molecular flexibility index (Phi) is 7.09. The molecule has 0 amide bonds. The van der Waals surface area contributed by atoms with Crippen molar-refractivity contribution in [3.63, 3.8) is 0 Å². The molecule has 20 heavy (non-hydrogen) atoms. The van der Waals surface area contributed by atoms with Gasteiger partial charge in [0.2, 0.25) is 0 Å². The minimum Gasteiger partial charge on any atom is -0.493 e. The van der Waals surface area contributed by atoms with E-state index in [1.165, 1.54) is 7.11 Å². The average Bonchev–Trinajstić information content (AvgIpc) is 2.42. The molecule has 0 aliphatic heterocycles. The van der Waals surface area contributed by atoms with E-state index in [0.717, 1.165) is 0 Å². The molecule has 0 heterocycles. The van der Waals surface area contributed by atoms with Crippen molar-refractivity contribution < 1.29 is 24.4 Å². The van der Waals surface area contributed by atoms with Crippen LogP contribution in [0.25, 0.3) is 0 Å². The summed E-state index contributed by atoms with van der Waals surface area (Å²) in [4.78, 5) is 0. The molecule has 0 fully saturated rings. The van der Waals surface area contributed by atoms with E-state index < -0.39 is 6.10 Å². The lowest BCUT2D eigenvalue weighted by atomic mass is 10.2. The molecule has 1 unspecified atom stereocenters. The first-order valence-electron chi connectivity index (χ1n) is 6.37. The molecule has 0 spiro atoms. The van der Waals surface area contributed by atoms with Gasteiger partial charge in [-0.2, -0.15) is 0 Å². The smallest absolute Gasteiger partial charge is 0.179 e. The first-order chi connectivity index (χ1) is 9.47. The second kappa shape index (κ2) is 8.32. The van der Waals surface area contributed by atoms with Crippen LogP contribution in [0.1, 0.15) is 19.4 Å². The van der Waals surface area contributed by atoms with Gasteiger partial charge in [0.15, 0.2) is 11.5 Å². The van der Waals surface area contributed by atoms with Crippen LogP contribution in [0.4, 0.5) is 0 Å². The van der Waals surface area contributed by atoms with Crippen LogP contribution in [0.2, 0.25) is 5.02 Å². The summed E-state index contributed by atoms with van der Waals surface area (Å²) in [6.07, 6.45) is -0.706. The van der Waals surface area contributed by atoms with E-state index in [0.29, 0.717) is 22.1 Å². The summed E-state index contributed by atoms with van der Waals surface area (Å²) in [5.74, 6) is 0.758. The summed E-state index contributed by atoms with van der Waals surface area (Å²) in [5, 5.41) is 19.2. The third-order valence-corrected chi connectivity index (χ3v) is 2.79. The Morgan fingerprint density at radius 3 is 2.50 bits per heavy atom. The van der Waals surface area contributed by atoms with E-state index in [4.69, 9.17) is 30.9 Å². The van der Waals surface area contributed by atoms with Crippen molar-refractivity contribution in [3.05, 3.63) is 22.7 Å². The van der Waals surface area contributed by atoms with Crippen LogP contribution in [0.15, 0.2) is 12.1 Å². The molecular weight excluding hydrogens is 284 g/mol. The highest BCUT2D eigenvalue weighted by molar-refractivity contribution is 6.32. The monoisotopic (exact) mass is 304 g/mol. The molecule has 1 rings (SSSR count). The van der Waals surface area contributed by atoms with Crippen molar-refractivity contribution in [1.82, 2.24) is 0 Å². The summed E-state index contributed by atoms with van der Waals surface area (Å²) in [7, 11) is 1.48. The molecule has 114 valence electrons. The molecule has 0 bridgehead atoms. The fraction of sp³-hybridized carbons (Fsp3) is 0.571. The van der Waals surface area contributed by atoms with E-state index >= 15 is 0 Å². The molecule has 0 saturated carbocycles. The van der Waals surface area contributed by atoms with Crippen LogP contribution in [-0.4, -0.2) is 42.7 Å². The number of halogens is 1. The van der Waals surface area contributed by atoms with Gasteiger partial charge in [-0.05, 0) is 31.5 Å². The predicted octanol–water partition coefficient (Wildman–Crippen LogP) is 2.01. The molecule has 1 aromatic carbocycles. The quantitative estimate of drug-likeness (QED) is 0.769. The van der Waals surface area contributed by atoms with E-state index in [9.17, 15) is 5.11 Å². The average molecular weight is 305 g/mol. The second-order valence-corrected chi connectivity index (χ2v) is 5.02. The van der Waals surface area contributed by atoms with Gasteiger partial charge in [0.1, 0.15) is 12.7 Å². The van der Waals surface area contributed by atoms with Gasteiger partial charge in [-0.15, -0.1) is 0 Å². The topological polar surface area (TPSA) is 68.2 Å². The molecule has 0 radical (unpaired) electrons. The zero-order chi connectivity index (χ0) is 15.1. The Labute approximate surface area is 124 Å². The van der Waals surface area contributed by atoms with Crippen molar-refractivity contribution in [1.29, 1.82) is 0 Å². The Morgan fingerprint density at radius 2 is 1.95 bits per heavy atom. The van der Waals surface area contributed by atoms with Crippen molar-refractivity contribution in [3.8, 4) is 11.5 Å². The van der Waals surface area contributed by atoms with Crippen molar-refractivity contribution >= 4 is 11.6 Å². The van der Waals surface area contributed by atoms with Gasteiger partial charge in [0, 0.05) is 0 Å². The third-order valence-electron chi connectivity index (χ3n) is 2.51. The zero-order valence-electron chi connectivity index (χ0n) is 11.9. The lowest BCUT2D eigenvalue weighted by Gasteiger charge is -2.17. The Bertz CT molecular complexity index is 422. The fourth-order valence-corrected chi connectivity index (χ4v) is 1.82. The van der Waals surface area contributed by atoms with Gasteiger partial charge in [-0.25, -0.2) is 0 Å². The minimum atomic E-state index is -0.754. The molecule has 0 saturated heterocycles. The van der Waals surface area contributed by atoms with Crippen LogP contribution >= 0.6 is 11.6 Å². The maximum absolute atomic E-state index is 9.74. The van der Waals surface area contributed by atoms with Gasteiger partial charge in [0.25, 0.3) is 0 Å². The second-order valence-electron chi connectivity index (χ2n) is 4.61. The number of methoxy groups -OCH3 is 1. The highest BCUT2D eigenvalue weighted by Crippen LogP contribution is 2.36. The van der Waals surface area contributed by atoms with E-state index in [2.05, 4.69) is 0 Å². The summed E-state index contributed by atoms with van der Waals surface area (Å²) < 4.78 is 15.9. The Hall–Kier alpha value is -1.01. The molecule has 0 aromatic heterocycles. The lowest BCUT2D eigenvalue weighted by molar-refractivity contribution is -0.0125. The summed E-state index contributed by atoms with van der Waals surface area (Å²) in [5.41, 5.74) is 0.628. The van der Waals surface area contributed by atoms with Crippen LogP contribution in [0, 0.1) is 0 Å². The highest BCUT2D eigenvalue weighted by Gasteiger charge is 2.14. The Morgan fingerprint density at radius 1 is 1.25 bits per heavy atom. The summed E-state index contributed by atoms with van der Waals surface area (Å²) in [6.45, 7) is 3.87. The fourth-order valence-electron chi connectivity index (χ4n) is 1.54. The van der Waals surface area contributed by atoms with E-state index in [1.54, 1.807) is 12.1 Å². The van der Waals surface area contributed by atoms with Gasteiger partial charge in [-0.1, -0.05) is 11.6 Å². The van der Waals surface area contributed by atoms with E-state index in [1.807, 2.05) is 13.8 Å². The molecule has 1 aromatic rings. The van der Waals surface area contributed by atoms with Crippen molar-refractivity contribution in [2.45, 2.75) is 32.7 Å². The number of rotatable bonds is 8. The molecular formula is C14H21ClO5. The molecule has 2 N–H and O–H groups in total. The number of ether oxygens (including phenoxy) is 3. The third kappa shape index (κ3) is 5.17. The maximum Gasteiger partial charge on any atom is 0.179 e. The molecule has 0 aliphatic rings. The van der Waals surface area contributed by atoms with Crippen LogP contribution in [-0.2, 0) is 11.3 Å². The molecule has 6 heteroatoms. The SMILES string of the molecule is COc1cc(CO)cc(Cl)c1OCC(O)COC(C)C. The number of aliphatic hydroxyl groups excluding tert-OH is 2. The predicted molar refractivity (Wildman–Crippen MR) is 76.5 cm³/mol. The highest BCUT2D eigenvalue weighted by atomic mass is 35.5. The van der Waals surface area contributed by atoms with E-state index in [-0.39, 0.29) is 25.9 Å². The lowest BCUT2D eigenvalue weighted by Crippen LogP contribution is -2.25. The minimum absolute atomic E-state index is 0.0429. The van der Waals surface area contributed by atoms with Gasteiger partial charge < -0.3 is 24.4 Å². The Balaban J connectivity index is 2.67. The van der Waals surface area contributed by atoms with Gasteiger partial charge in [0.05, 0.1) is 31.5 Å². The molecule has 5 nitrogen and oxygen atoms in total. The van der Waals surface area contributed by atoms with Crippen LogP contribution < -0.4 is 9.47 Å². The number of hydrogen-bond acceptors (Lipinski definition) is 5. The molecule has 0 aliphatic carbocycles. The first kappa shape index (κ1) is 17.0. The first-order valence-corrected chi connectivity index (χ1v) is 6.75. The summed E-state index contributed by atoms with van der Waals surface area (Å²) >= 11 is 6.07. The van der Waals surface area contributed by atoms with Gasteiger partial charge in [-0.3, -0.25) is 0 Å². The number of hydrogen-bond donors (Lipinski definition) is 2. The zero-order valence-corrected chi connectivity index (χ0v) is 12.7. The summed E-state index contributed by atoms with van der Waals surface area (Å²) in [6, 6.07) is 3.23.